The van der Waals surface area contributed by atoms with Gasteiger partial charge >= 0.3 is 6.03 Å². The van der Waals surface area contributed by atoms with Crippen molar-refractivity contribution in [1.29, 1.82) is 0 Å². The van der Waals surface area contributed by atoms with E-state index in [-0.39, 0.29) is 18.2 Å². The summed E-state index contributed by atoms with van der Waals surface area (Å²) in [6.45, 7) is 4.69. The minimum Gasteiger partial charge on any atom is -0.474 e. The summed E-state index contributed by atoms with van der Waals surface area (Å²) in [4.78, 5) is 22.8. The van der Waals surface area contributed by atoms with Crippen molar-refractivity contribution in [3.05, 3.63) is 54.0 Å². The van der Waals surface area contributed by atoms with E-state index < -0.39 is 0 Å². The van der Waals surface area contributed by atoms with Crippen LogP contribution in [0.1, 0.15) is 56.8 Å². The monoisotopic (exact) mass is 382 g/mol. The first-order valence-electron chi connectivity index (χ1n) is 10.1. The third-order valence-corrected chi connectivity index (χ3v) is 5.51. The van der Waals surface area contributed by atoms with Crippen molar-refractivity contribution in [2.45, 2.75) is 58.2 Å². The molecule has 2 heterocycles. The molecule has 0 aromatic carbocycles. The van der Waals surface area contributed by atoms with Gasteiger partial charge in [0.2, 0.25) is 5.88 Å². The molecule has 6 heteroatoms. The minimum atomic E-state index is -0.140. The van der Waals surface area contributed by atoms with E-state index in [1.54, 1.807) is 24.3 Å². The molecular formula is C22H30N4O2. The average Bonchev–Trinajstić information content (AvgIpc) is 2.73. The zero-order valence-electron chi connectivity index (χ0n) is 17.0. The minimum absolute atomic E-state index is 0.105. The Morgan fingerprint density at radius 3 is 2.71 bits per heavy atom. The van der Waals surface area contributed by atoms with Crippen LogP contribution in [0.15, 0.2) is 42.7 Å². The Labute approximate surface area is 167 Å². The molecule has 3 rings (SSSR count). The van der Waals surface area contributed by atoms with Gasteiger partial charge in [-0.25, -0.2) is 9.78 Å². The molecule has 0 unspecified atom stereocenters. The standard InChI is InChI=1S/C22H30N4O2/c1-16-7-9-19(10-8-16)28-21-14-18(11-13-24-21)15-25-22(27)26(3)17(2)20-6-4-5-12-23-20/h4-6,11-14,16-17,19H,7-10,15H2,1-3H3,(H,25,27)/t16?,17-,19?/m1/s1. The average molecular weight is 383 g/mol. The van der Waals surface area contributed by atoms with Crippen molar-refractivity contribution in [1.82, 2.24) is 20.2 Å². The molecule has 0 bridgehead atoms. The number of aromatic nitrogens is 2. The van der Waals surface area contributed by atoms with Crippen LogP contribution in [0.25, 0.3) is 0 Å². The summed E-state index contributed by atoms with van der Waals surface area (Å²) >= 11 is 0. The Kier molecular flexibility index (Phi) is 6.85. The molecule has 0 radical (unpaired) electrons. The molecule has 1 fully saturated rings. The number of nitrogens with zero attached hydrogens (tertiary/aromatic N) is 3. The number of rotatable bonds is 6. The van der Waals surface area contributed by atoms with E-state index in [9.17, 15) is 4.79 Å². The zero-order chi connectivity index (χ0) is 19.9. The van der Waals surface area contributed by atoms with Gasteiger partial charge in [0.1, 0.15) is 6.10 Å². The highest BCUT2D eigenvalue weighted by molar-refractivity contribution is 5.74. The number of amides is 2. The maximum Gasteiger partial charge on any atom is 0.317 e. The highest BCUT2D eigenvalue weighted by atomic mass is 16.5. The van der Waals surface area contributed by atoms with Crippen LogP contribution in [0.4, 0.5) is 4.79 Å². The molecule has 0 saturated heterocycles. The maximum atomic E-state index is 12.5. The van der Waals surface area contributed by atoms with Gasteiger partial charge in [0.05, 0.1) is 11.7 Å². The van der Waals surface area contributed by atoms with Crippen molar-refractivity contribution < 1.29 is 9.53 Å². The van der Waals surface area contributed by atoms with Crippen LogP contribution in [0.3, 0.4) is 0 Å². The van der Waals surface area contributed by atoms with Gasteiger partial charge in [0, 0.05) is 32.1 Å². The molecule has 2 amide bonds. The first kappa shape index (κ1) is 20.1. The Balaban J connectivity index is 1.52. The molecule has 150 valence electrons. The third-order valence-electron chi connectivity index (χ3n) is 5.51. The highest BCUT2D eigenvalue weighted by Gasteiger charge is 2.20. The molecule has 0 spiro atoms. The van der Waals surface area contributed by atoms with Gasteiger partial charge in [0.25, 0.3) is 0 Å². The normalized spacial score (nSPS) is 20.2. The number of carbonyl (C=O) groups excluding carboxylic acids is 1. The first-order valence-corrected chi connectivity index (χ1v) is 10.1. The van der Waals surface area contributed by atoms with Gasteiger partial charge < -0.3 is 15.0 Å². The lowest BCUT2D eigenvalue weighted by Crippen LogP contribution is -2.38. The van der Waals surface area contributed by atoms with E-state index in [2.05, 4.69) is 22.2 Å². The molecule has 1 aliphatic carbocycles. The second-order valence-electron chi connectivity index (χ2n) is 7.70. The summed E-state index contributed by atoms with van der Waals surface area (Å²) < 4.78 is 6.05. The fraction of sp³-hybridized carbons (Fsp3) is 0.500. The predicted octanol–water partition coefficient (Wildman–Crippen LogP) is 4.34. The van der Waals surface area contributed by atoms with Gasteiger partial charge in [-0.05, 0) is 62.3 Å². The molecule has 0 aliphatic heterocycles. The summed E-state index contributed by atoms with van der Waals surface area (Å²) in [5, 5.41) is 2.96. The number of carbonyl (C=O) groups is 1. The third kappa shape index (κ3) is 5.44. The summed E-state index contributed by atoms with van der Waals surface area (Å²) in [7, 11) is 1.78. The summed E-state index contributed by atoms with van der Waals surface area (Å²) in [5.41, 5.74) is 1.84. The molecule has 6 nitrogen and oxygen atoms in total. The van der Waals surface area contributed by atoms with E-state index in [0.717, 1.165) is 30.0 Å². The van der Waals surface area contributed by atoms with Crippen molar-refractivity contribution in [3.8, 4) is 5.88 Å². The fourth-order valence-corrected chi connectivity index (χ4v) is 3.44. The Morgan fingerprint density at radius 1 is 1.21 bits per heavy atom. The Bertz CT molecular complexity index is 760. The number of hydrogen-bond acceptors (Lipinski definition) is 4. The van der Waals surface area contributed by atoms with Gasteiger partial charge in [0.15, 0.2) is 0 Å². The van der Waals surface area contributed by atoms with Crippen LogP contribution in [-0.4, -0.2) is 34.1 Å². The quantitative estimate of drug-likeness (QED) is 0.807. The van der Waals surface area contributed by atoms with E-state index >= 15 is 0 Å². The largest absolute Gasteiger partial charge is 0.474 e. The van der Waals surface area contributed by atoms with Crippen LogP contribution in [-0.2, 0) is 6.54 Å². The van der Waals surface area contributed by atoms with Gasteiger partial charge in [-0.1, -0.05) is 13.0 Å². The first-order chi connectivity index (χ1) is 13.5. The lowest BCUT2D eigenvalue weighted by molar-refractivity contribution is 0.130. The second-order valence-corrected chi connectivity index (χ2v) is 7.70. The number of nitrogens with one attached hydrogen (secondary N) is 1. The van der Waals surface area contributed by atoms with Crippen molar-refractivity contribution in [2.24, 2.45) is 5.92 Å². The topological polar surface area (TPSA) is 67.3 Å². The Hall–Kier alpha value is -2.63. The lowest BCUT2D eigenvalue weighted by Gasteiger charge is -2.26. The van der Waals surface area contributed by atoms with E-state index in [1.807, 2.05) is 37.3 Å². The van der Waals surface area contributed by atoms with Crippen molar-refractivity contribution in [3.63, 3.8) is 0 Å². The molecule has 1 N–H and O–H groups in total. The van der Waals surface area contributed by atoms with Gasteiger partial charge in [-0.3, -0.25) is 4.98 Å². The molecule has 1 saturated carbocycles. The molecule has 28 heavy (non-hydrogen) atoms. The molecule has 1 atom stereocenters. The SMILES string of the molecule is CC1CCC(Oc2cc(CNC(=O)N(C)[C@H](C)c3ccccn3)ccn2)CC1. The lowest BCUT2D eigenvalue weighted by atomic mass is 9.89. The number of ether oxygens (including phenoxy) is 1. The summed E-state index contributed by atoms with van der Waals surface area (Å²) in [6, 6.07) is 9.29. The van der Waals surface area contributed by atoms with Crippen molar-refractivity contribution in [2.75, 3.05) is 7.05 Å². The van der Waals surface area contributed by atoms with Crippen LogP contribution in [0.2, 0.25) is 0 Å². The fourth-order valence-electron chi connectivity index (χ4n) is 3.44. The van der Waals surface area contributed by atoms with Crippen LogP contribution >= 0.6 is 0 Å². The number of urea groups is 1. The molecule has 2 aromatic rings. The molecular weight excluding hydrogens is 352 g/mol. The van der Waals surface area contributed by atoms with Crippen LogP contribution in [0, 0.1) is 5.92 Å². The Morgan fingerprint density at radius 2 is 2.00 bits per heavy atom. The smallest absolute Gasteiger partial charge is 0.317 e. The van der Waals surface area contributed by atoms with E-state index in [4.69, 9.17) is 4.74 Å². The van der Waals surface area contributed by atoms with Crippen molar-refractivity contribution >= 4 is 6.03 Å². The zero-order valence-corrected chi connectivity index (χ0v) is 17.0. The summed E-state index contributed by atoms with van der Waals surface area (Å²) in [6.07, 6.45) is 8.31. The van der Waals surface area contributed by atoms with E-state index in [0.29, 0.717) is 12.4 Å². The van der Waals surface area contributed by atoms with Gasteiger partial charge in [-0.2, -0.15) is 0 Å². The molecule has 1 aliphatic rings. The van der Waals surface area contributed by atoms with E-state index in [1.165, 1.54) is 12.8 Å². The van der Waals surface area contributed by atoms with Crippen LogP contribution in [0.5, 0.6) is 5.88 Å². The number of hydrogen-bond donors (Lipinski definition) is 1. The second kappa shape index (κ2) is 9.53. The van der Waals surface area contributed by atoms with Crippen LogP contribution < -0.4 is 10.1 Å². The maximum absolute atomic E-state index is 12.5. The highest BCUT2D eigenvalue weighted by Crippen LogP contribution is 2.26. The summed E-state index contributed by atoms with van der Waals surface area (Å²) in [5.74, 6) is 1.43. The number of pyridine rings is 2. The molecule has 2 aromatic heterocycles. The predicted molar refractivity (Wildman–Crippen MR) is 109 cm³/mol. The van der Waals surface area contributed by atoms with Gasteiger partial charge in [-0.15, -0.1) is 0 Å².